The highest BCUT2D eigenvalue weighted by Crippen LogP contribution is 2.28. The summed E-state index contributed by atoms with van der Waals surface area (Å²) in [6, 6.07) is 9.11. The Labute approximate surface area is 100 Å². The zero-order valence-electron chi connectivity index (χ0n) is 9.80. The van der Waals surface area contributed by atoms with Gasteiger partial charge in [-0.25, -0.2) is 0 Å². The summed E-state index contributed by atoms with van der Waals surface area (Å²) in [6.07, 6.45) is 0.294. The third kappa shape index (κ3) is 2.08. The third-order valence-corrected chi connectivity index (χ3v) is 3.13. The minimum Gasteiger partial charge on any atom is -0.328 e. The summed E-state index contributed by atoms with van der Waals surface area (Å²) in [6.45, 7) is 2.03. The van der Waals surface area contributed by atoms with Crippen LogP contribution < -0.4 is 5.73 Å². The molecule has 0 aromatic heterocycles. The first kappa shape index (κ1) is 11.8. The molecular formula is C13H16N2O2. The van der Waals surface area contributed by atoms with Gasteiger partial charge in [-0.1, -0.05) is 37.3 Å². The van der Waals surface area contributed by atoms with Crippen molar-refractivity contribution in [3.05, 3.63) is 35.9 Å². The second kappa shape index (κ2) is 4.67. The molecule has 4 nitrogen and oxygen atoms in total. The molecule has 4 heteroatoms. The molecule has 17 heavy (non-hydrogen) atoms. The Hall–Kier alpha value is -1.68. The fraction of sp³-hybridized carbons (Fsp3) is 0.385. The summed E-state index contributed by atoms with van der Waals surface area (Å²) < 4.78 is 0. The van der Waals surface area contributed by atoms with Crippen molar-refractivity contribution in [1.29, 1.82) is 0 Å². The molecule has 2 unspecified atom stereocenters. The van der Waals surface area contributed by atoms with E-state index in [0.29, 0.717) is 6.42 Å². The largest absolute Gasteiger partial charge is 0.328 e. The Morgan fingerprint density at radius 2 is 2.00 bits per heavy atom. The van der Waals surface area contributed by atoms with Crippen molar-refractivity contribution in [3.63, 3.8) is 0 Å². The molecular weight excluding hydrogens is 216 g/mol. The van der Waals surface area contributed by atoms with Gasteiger partial charge in [0.25, 0.3) is 0 Å². The molecule has 1 aliphatic heterocycles. The predicted octanol–water partition coefficient (Wildman–Crippen LogP) is 1.08. The van der Waals surface area contributed by atoms with Crippen LogP contribution >= 0.6 is 0 Å². The number of rotatable bonds is 3. The summed E-state index contributed by atoms with van der Waals surface area (Å²) in [4.78, 5) is 25.1. The number of likely N-dealkylation sites (tertiary alicyclic amines) is 1. The van der Waals surface area contributed by atoms with E-state index >= 15 is 0 Å². The molecule has 0 aliphatic carbocycles. The minimum atomic E-state index is -0.332. The highest BCUT2D eigenvalue weighted by Gasteiger charge is 2.39. The molecule has 1 heterocycles. The van der Waals surface area contributed by atoms with Gasteiger partial charge in [-0.15, -0.1) is 0 Å². The molecule has 1 saturated heterocycles. The van der Waals surface area contributed by atoms with Gasteiger partial charge in [0.05, 0.1) is 6.04 Å². The average Bonchev–Trinajstić information content (AvgIpc) is 2.58. The smallest absolute Gasteiger partial charge is 0.233 e. The lowest BCUT2D eigenvalue weighted by Gasteiger charge is -2.25. The highest BCUT2D eigenvalue weighted by molar-refractivity contribution is 6.03. The van der Waals surface area contributed by atoms with E-state index in [1.807, 2.05) is 30.3 Å². The summed E-state index contributed by atoms with van der Waals surface area (Å²) in [5, 5.41) is 0. The fourth-order valence-corrected chi connectivity index (χ4v) is 2.20. The molecule has 1 fully saturated rings. The topological polar surface area (TPSA) is 63.4 Å². The van der Waals surface area contributed by atoms with Crippen molar-refractivity contribution in [2.75, 3.05) is 6.54 Å². The lowest BCUT2D eigenvalue weighted by molar-refractivity contribution is -0.142. The number of nitrogens with zero attached hydrogens (tertiary/aromatic N) is 1. The first-order chi connectivity index (χ1) is 8.15. The molecule has 1 aromatic rings. The molecule has 0 bridgehead atoms. The highest BCUT2D eigenvalue weighted by atomic mass is 16.2. The first-order valence-electron chi connectivity index (χ1n) is 5.76. The molecule has 2 atom stereocenters. The first-order valence-corrected chi connectivity index (χ1v) is 5.76. The quantitative estimate of drug-likeness (QED) is 0.793. The average molecular weight is 232 g/mol. The van der Waals surface area contributed by atoms with Gasteiger partial charge >= 0.3 is 0 Å². The van der Waals surface area contributed by atoms with Crippen LogP contribution in [0, 0.1) is 5.92 Å². The molecule has 1 aromatic carbocycles. The van der Waals surface area contributed by atoms with Crippen molar-refractivity contribution in [2.24, 2.45) is 11.7 Å². The van der Waals surface area contributed by atoms with Crippen LogP contribution in [0.15, 0.2) is 30.3 Å². The standard InChI is InChI=1S/C13H16N2O2/c1-9-7-12(16)15(13(9)17)11(8-14)10-5-3-2-4-6-10/h2-6,9,11H,7-8,14H2,1H3. The van der Waals surface area contributed by atoms with Crippen LogP contribution in [0.4, 0.5) is 0 Å². The summed E-state index contributed by atoms with van der Waals surface area (Å²) in [5.41, 5.74) is 6.62. The zero-order chi connectivity index (χ0) is 12.4. The fourth-order valence-electron chi connectivity index (χ4n) is 2.20. The number of nitrogens with two attached hydrogens (primary N) is 1. The summed E-state index contributed by atoms with van der Waals surface area (Å²) in [5.74, 6) is -0.462. The Morgan fingerprint density at radius 3 is 2.47 bits per heavy atom. The zero-order valence-corrected chi connectivity index (χ0v) is 9.80. The summed E-state index contributed by atoms with van der Waals surface area (Å²) >= 11 is 0. The number of amides is 2. The lowest BCUT2D eigenvalue weighted by atomic mass is 10.1. The second-order valence-corrected chi connectivity index (χ2v) is 4.37. The second-order valence-electron chi connectivity index (χ2n) is 4.37. The number of carbonyl (C=O) groups is 2. The van der Waals surface area contributed by atoms with E-state index in [1.54, 1.807) is 6.92 Å². The SMILES string of the molecule is CC1CC(=O)N(C(CN)c2ccccc2)C1=O. The number of imide groups is 1. The Morgan fingerprint density at radius 1 is 1.35 bits per heavy atom. The summed E-state index contributed by atoms with van der Waals surface area (Å²) in [7, 11) is 0. The maximum Gasteiger partial charge on any atom is 0.233 e. The van der Waals surface area contributed by atoms with Crippen LogP contribution in [0.3, 0.4) is 0 Å². The number of carbonyl (C=O) groups excluding carboxylic acids is 2. The van der Waals surface area contributed by atoms with Gasteiger partial charge in [0.15, 0.2) is 0 Å². The van der Waals surface area contributed by atoms with Crippen molar-refractivity contribution in [1.82, 2.24) is 4.90 Å². The van der Waals surface area contributed by atoms with Gasteiger partial charge in [0.2, 0.25) is 11.8 Å². The normalized spacial score (nSPS) is 22.0. The van der Waals surface area contributed by atoms with Crippen molar-refractivity contribution >= 4 is 11.8 Å². The number of hydrogen-bond donors (Lipinski definition) is 1. The van der Waals surface area contributed by atoms with E-state index in [9.17, 15) is 9.59 Å². The Balaban J connectivity index is 2.31. The molecule has 1 aliphatic rings. The van der Waals surface area contributed by atoms with Crippen LogP contribution in [-0.4, -0.2) is 23.3 Å². The van der Waals surface area contributed by atoms with Gasteiger partial charge in [0.1, 0.15) is 0 Å². The van der Waals surface area contributed by atoms with E-state index in [0.717, 1.165) is 5.56 Å². The Bertz CT molecular complexity index is 430. The van der Waals surface area contributed by atoms with Gasteiger partial charge < -0.3 is 5.73 Å². The van der Waals surface area contributed by atoms with Crippen LogP contribution in [0.25, 0.3) is 0 Å². The molecule has 2 amide bonds. The number of hydrogen-bond acceptors (Lipinski definition) is 3. The minimum absolute atomic E-state index is 0.116. The predicted molar refractivity (Wildman–Crippen MR) is 63.9 cm³/mol. The van der Waals surface area contributed by atoms with E-state index in [1.165, 1.54) is 4.90 Å². The van der Waals surface area contributed by atoms with Gasteiger partial charge in [-0.2, -0.15) is 0 Å². The van der Waals surface area contributed by atoms with Crippen LogP contribution in [0.1, 0.15) is 24.9 Å². The molecule has 0 saturated carbocycles. The van der Waals surface area contributed by atoms with Crippen molar-refractivity contribution in [3.8, 4) is 0 Å². The van der Waals surface area contributed by atoms with Gasteiger partial charge in [-0.05, 0) is 5.56 Å². The van der Waals surface area contributed by atoms with Crippen LogP contribution in [0.2, 0.25) is 0 Å². The molecule has 0 radical (unpaired) electrons. The van der Waals surface area contributed by atoms with E-state index in [4.69, 9.17) is 5.73 Å². The van der Waals surface area contributed by atoms with E-state index < -0.39 is 0 Å². The maximum atomic E-state index is 11.9. The monoisotopic (exact) mass is 232 g/mol. The molecule has 90 valence electrons. The molecule has 2 N–H and O–H groups in total. The van der Waals surface area contributed by atoms with Gasteiger partial charge in [-0.3, -0.25) is 14.5 Å². The van der Waals surface area contributed by atoms with Crippen LogP contribution in [-0.2, 0) is 9.59 Å². The van der Waals surface area contributed by atoms with Crippen molar-refractivity contribution < 1.29 is 9.59 Å². The van der Waals surface area contributed by atoms with Gasteiger partial charge in [0, 0.05) is 18.9 Å². The third-order valence-electron chi connectivity index (χ3n) is 3.13. The number of benzene rings is 1. The van der Waals surface area contributed by atoms with E-state index in [-0.39, 0.29) is 30.3 Å². The maximum absolute atomic E-state index is 11.9. The van der Waals surface area contributed by atoms with Crippen molar-refractivity contribution in [2.45, 2.75) is 19.4 Å². The Kier molecular flexibility index (Phi) is 3.24. The molecule has 2 rings (SSSR count). The lowest BCUT2D eigenvalue weighted by Crippen LogP contribution is -2.38. The van der Waals surface area contributed by atoms with Crippen LogP contribution in [0.5, 0.6) is 0 Å². The molecule has 0 spiro atoms. The van der Waals surface area contributed by atoms with E-state index in [2.05, 4.69) is 0 Å².